The molecule has 2 aromatic carbocycles. The number of hydrogen-bond donors (Lipinski definition) is 0. The molecule has 0 unspecified atom stereocenters. The molecule has 0 radical (unpaired) electrons. The second-order valence-corrected chi connectivity index (χ2v) is 7.25. The fraction of sp³-hybridized carbons (Fsp3) is 0.190. The average Bonchev–Trinajstić information content (AvgIpc) is 2.92. The highest BCUT2D eigenvalue weighted by molar-refractivity contribution is 7.16. The molecule has 0 aliphatic heterocycles. The van der Waals surface area contributed by atoms with Gasteiger partial charge in [0.1, 0.15) is 0 Å². The molecule has 5 heteroatoms. The third-order valence-corrected chi connectivity index (χ3v) is 5.39. The van der Waals surface area contributed by atoms with Crippen LogP contribution in [0.1, 0.15) is 38.8 Å². The first-order valence-electron chi connectivity index (χ1n) is 8.32. The van der Waals surface area contributed by atoms with E-state index in [0.717, 1.165) is 10.2 Å². The Morgan fingerprint density at radius 3 is 2.35 bits per heavy atom. The van der Waals surface area contributed by atoms with Crippen molar-refractivity contribution in [3.63, 3.8) is 0 Å². The lowest BCUT2D eigenvalue weighted by Crippen LogP contribution is -2.16. The number of carbonyl (C=O) groups excluding carboxylic acids is 2. The van der Waals surface area contributed by atoms with E-state index in [2.05, 4.69) is 37.6 Å². The number of aryl methyl sites for hydroxylation is 2. The zero-order valence-corrected chi connectivity index (χ0v) is 15.9. The van der Waals surface area contributed by atoms with Crippen molar-refractivity contribution in [1.82, 2.24) is 4.57 Å². The third-order valence-electron chi connectivity index (χ3n) is 4.35. The van der Waals surface area contributed by atoms with Crippen molar-refractivity contribution in [3.8, 4) is 0 Å². The van der Waals surface area contributed by atoms with Crippen molar-refractivity contribution in [2.75, 3.05) is 0 Å². The van der Waals surface area contributed by atoms with E-state index in [-0.39, 0.29) is 11.7 Å². The summed E-state index contributed by atoms with van der Waals surface area (Å²) in [7, 11) is 0. The molecule has 0 aliphatic carbocycles. The van der Waals surface area contributed by atoms with E-state index in [1.807, 2.05) is 4.57 Å². The van der Waals surface area contributed by atoms with E-state index in [1.165, 1.54) is 29.4 Å². The monoisotopic (exact) mass is 364 g/mol. The Kier molecular flexibility index (Phi) is 5.00. The summed E-state index contributed by atoms with van der Waals surface area (Å²) < 4.78 is 3.09. The van der Waals surface area contributed by atoms with Crippen LogP contribution in [0.15, 0.2) is 54.0 Å². The summed E-state index contributed by atoms with van der Waals surface area (Å²) in [5, 5.41) is 0. The van der Waals surface area contributed by atoms with E-state index in [9.17, 15) is 9.59 Å². The van der Waals surface area contributed by atoms with Crippen LogP contribution in [0.5, 0.6) is 0 Å². The van der Waals surface area contributed by atoms with Crippen molar-refractivity contribution in [2.45, 2.75) is 27.3 Å². The molecule has 1 amide bonds. The second-order valence-electron chi connectivity index (χ2n) is 6.24. The van der Waals surface area contributed by atoms with Crippen LogP contribution in [0.25, 0.3) is 10.2 Å². The molecule has 0 saturated carbocycles. The molecule has 0 N–H and O–H groups in total. The first-order valence-corrected chi connectivity index (χ1v) is 9.14. The zero-order valence-electron chi connectivity index (χ0n) is 15.1. The van der Waals surface area contributed by atoms with Gasteiger partial charge in [-0.05, 0) is 56.2 Å². The van der Waals surface area contributed by atoms with Crippen LogP contribution in [-0.2, 0) is 6.54 Å². The van der Waals surface area contributed by atoms with Gasteiger partial charge in [-0.2, -0.15) is 4.99 Å². The molecule has 0 fully saturated rings. The highest BCUT2D eigenvalue weighted by atomic mass is 32.1. The lowest BCUT2D eigenvalue weighted by Gasteiger charge is -2.04. The molecule has 132 valence electrons. The number of aromatic nitrogens is 1. The SMILES string of the molecule is C=CCn1c(=NC(=O)c2ccc(C(C)=O)cc2)sc2cc(C)c(C)cc21. The molecular formula is C21H20N2O2S. The predicted octanol–water partition coefficient (Wildman–Crippen LogP) is 4.45. The van der Waals surface area contributed by atoms with Crippen molar-refractivity contribution in [1.29, 1.82) is 0 Å². The fourth-order valence-electron chi connectivity index (χ4n) is 2.71. The van der Waals surface area contributed by atoms with Gasteiger partial charge in [0.2, 0.25) is 0 Å². The number of hydrogen-bond acceptors (Lipinski definition) is 3. The summed E-state index contributed by atoms with van der Waals surface area (Å²) in [5.41, 5.74) is 4.51. The van der Waals surface area contributed by atoms with Gasteiger partial charge >= 0.3 is 0 Å². The average molecular weight is 364 g/mol. The van der Waals surface area contributed by atoms with Crippen LogP contribution in [0.2, 0.25) is 0 Å². The Labute approximate surface area is 156 Å². The maximum Gasteiger partial charge on any atom is 0.279 e. The first kappa shape index (κ1) is 18.0. The van der Waals surface area contributed by atoms with Gasteiger partial charge in [0.25, 0.3) is 5.91 Å². The molecule has 0 saturated heterocycles. The molecule has 0 aliphatic rings. The molecule has 1 heterocycles. The summed E-state index contributed by atoms with van der Waals surface area (Å²) >= 11 is 1.49. The van der Waals surface area contributed by atoms with Crippen LogP contribution in [0, 0.1) is 13.8 Å². The molecule has 4 nitrogen and oxygen atoms in total. The Morgan fingerprint density at radius 2 is 1.73 bits per heavy atom. The lowest BCUT2D eigenvalue weighted by atomic mass is 10.1. The topological polar surface area (TPSA) is 51.4 Å². The number of carbonyl (C=O) groups is 2. The van der Waals surface area contributed by atoms with Gasteiger partial charge in [-0.1, -0.05) is 29.5 Å². The second kappa shape index (κ2) is 7.22. The van der Waals surface area contributed by atoms with Gasteiger partial charge in [-0.3, -0.25) is 9.59 Å². The first-order chi connectivity index (χ1) is 12.4. The third kappa shape index (κ3) is 3.44. The molecule has 0 spiro atoms. The Morgan fingerprint density at radius 1 is 1.12 bits per heavy atom. The van der Waals surface area contributed by atoms with Crippen molar-refractivity contribution >= 4 is 33.2 Å². The van der Waals surface area contributed by atoms with Crippen molar-refractivity contribution < 1.29 is 9.59 Å². The lowest BCUT2D eigenvalue weighted by molar-refractivity contribution is 0.0991. The van der Waals surface area contributed by atoms with E-state index >= 15 is 0 Å². The number of allylic oxidation sites excluding steroid dienone is 1. The number of benzene rings is 2. The smallest absolute Gasteiger partial charge is 0.279 e. The predicted molar refractivity (Wildman–Crippen MR) is 106 cm³/mol. The molecule has 0 bridgehead atoms. The molecule has 0 atom stereocenters. The number of ketones is 1. The number of fused-ring (bicyclic) bond motifs is 1. The summed E-state index contributed by atoms with van der Waals surface area (Å²) in [4.78, 5) is 28.9. The number of rotatable bonds is 4. The summed E-state index contributed by atoms with van der Waals surface area (Å²) in [6, 6.07) is 10.8. The van der Waals surface area contributed by atoms with Gasteiger partial charge in [0, 0.05) is 17.7 Å². The quantitative estimate of drug-likeness (QED) is 0.507. The standard InChI is InChI=1S/C21H20N2O2S/c1-5-10-23-18-11-13(2)14(3)12-19(18)26-21(23)22-20(25)17-8-6-16(7-9-17)15(4)24/h5-9,11-12H,1,10H2,2-4H3. The minimum Gasteiger partial charge on any atom is -0.312 e. The minimum absolute atomic E-state index is 0.0278. The largest absolute Gasteiger partial charge is 0.312 e. The van der Waals surface area contributed by atoms with Crippen LogP contribution in [-0.4, -0.2) is 16.3 Å². The Balaban J connectivity index is 2.10. The number of nitrogens with zero attached hydrogens (tertiary/aromatic N) is 2. The Bertz CT molecular complexity index is 1090. The van der Waals surface area contributed by atoms with Gasteiger partial charge in [0.05, 0.1) is 10.2 Å². The van der Waals surface area contributed by atoms with Crippen LogP contribution < -0.4 is 4.80 Å². The van der Waals surface area contributed by atoms with Crippen LogP contribution in [0.4, 0.5) is 0 Å². The Hall–Kier alpha value is -2.79. The van der Waals surface area contributed by atoms with Crippen molar-refractivity contribution in [3.05, 3.63) is 76.1 Å². The highest BCUT2D eigenvalue weighted by Gasteiger charge is 2.10. The van der Waals surface area contributed by atoms with Gasteiger partial charge in [0.15, 0.2) is 10.6 Å². The molecule has 3 rings (SSSR count). The van der Waals surface area contributed by atoms with E-state index in [0.29, 0.717) is 22.5 Å². The van der Waals surface area contributed by atoms with Crippen LogP contribution in [0.3, 0.4) is 0 Å². The molecule has 3 aromatic rings. The summed E-state index contributed by atoms with van der Waals surface area (Å²) in [6.45, 7) is 10.0. The summed E-state index contributed by atoms with van der Waals surface area (Å²) in [6.07, 6.45) is 1.80. The van der Waals surface area contributed by atoms with E-state index in [4.69, 9.17) is 0 Å². The highest BCUT2D eigenvalue weighted by Crippen LogP contribution is 2.22. The van der Waals surface area contributed by atoms with Gasteiger partial charge < -0.3 is 4.57 Å². The van der Waals surface area contributed by atoms with Crippen LogP contribution >= 0.6 is 11.3 Å². The normalized spacial score (nSPS) is 11.7. The van der Waals surface area contributed by atoms with E-state index < -0.39 is 0 Å². The summed E-state index contributed by atoms with van der Waals surface area (Å²) in [5.74, 6) is -0.349. The zero-order chi connectivity index (χ0) is 18.8. The van der Waals surface area contributed by atoms with Crippen molar-refractivity contribution in [2.24, 2.45) is 4.99 Å². The number of Topliss-reactive ketones (excluding diaryl/α,β-unsaturated/α-hetero) is 1. The molecule has 1 aromatic heterocycles. The van der Waals surface area contributed by atoms with E-state index in [1.54, 1.807) is 30.3 Å². The molecular weight excluding hydrogens is 344 g/mol. The molecule has 26 heavy (non-hydrogen) atoms. The van der Waals surface area contributed by atoms with Gasteiger partial charge in [-0.25, -0.2) is 0 Å². The maximum atomic E-state index is 12.6. The fourth-order valence-corrected chi connectivity index (χ4v) is 3.83. The number of thiazole rings is 1. The minimum atomic E-state index is -0.321. The van der Waals surface area contributed by atoms with Gasteiger partial charge in [-0.15, -0.1) is 6.58 Å². The maximum absolute atomic E-state index is 12.6. The number of amides is 1.